The molecule has 1 aliphatic rings. The first-order valence-electron chi connectivity index (χ1n) is 3.23. The lowest BCUT2D eigenvalue weighted by Gasteiger charge is -2.22. The minimum atomic E-state index is 0.256. The van der Waals surface area contributed by atoms with E-state index in [0.717, 1.165) is 6.29 Å². The van der Waals surface area contributed by atoms with Crippen LogP contribution in [0.1, 0.15) is 27.7 Å². The Kier molecular flexibility index (Phi) is 1.53. The Labute approximate surface area is 56.1 Å². The van der Waals surface area contributed by atoms with Gasteiger partial charge in [-0.2, -0.15) is 9.78 Å². The molecule has 0 aromatic carbocycles. The van der Waals surface area contributed by atoms with Gasteiger partial charge in [-0.05, 0) is 5.41 Å². The summed E-state index contributed by atoms with van der Waals surface area (Å²) in [5, 5.41) is 0. The van der Waals surface area contributed by atoms with Crippen molar-refractivity contribution in [3.05, 3.63) is 6.29 Å². The van der Waals surface area contributed by atoms with E-state index in [9.17, 15) is 0 Å². The second-order valence-electron chi connectivity index (χ2n) is 3.57. The maximum atomic E-state index is 4.61. The molecule has 1 unspecified atom stereocenters. The lowest BCUT2D eigenvalue weighted by Crippen LogP contribution is -2.18. The number of hydrogen-bond acceptors (Lipinski definition) is 2. The lowest BCUT2D eigenvalue weighted by molar-refractivity contribution is 0.0850. The molecule has 0 spiro atoms. The minimum absolute atomic E-state index is 0.256. The molecule has 0 N–H and O–H groups in total. The average Bonchev–Trinajstić information content (AvgIpc) is 2.40. The van der Waals surface area contributed by atoms with E-state index in [-0.39, 0.29) is 5.41 Å². The van der Waals surface area contributed by atoms with Gasteiger partial charge in [0.2, 0.25) is 0 Å². The van der Waals surface area contributed by atoms with Gasteiger partial charge in [-0.15, -0.1) is 0 Å². The van der Waals surface area contributed by atoms with Crippen LogP contribution in [-0.2, 0) is 9.78 Å². The summed E-state index contributed by atoms with van der Waals surface area (Å²) >= 11 is 0. The first-order valence-corrected chi connectivity index (χ1v) is 3.23. The van der Waals surface area contributed by atoms with E-state index in [4.69, 9.17) is 0 Å². The van der Waals surface area contributed by atoms with Gasteiger partial charge in [-0.25, -0.2) is 0 Å². The molecule has 1 heterocycles. The molecule has 0 aliphatic carbocycles. The summed E-state index contributed by atoms with van der Waals surface area (Å²) in [5.41, 5.74) is 0.256. The Bertz CT molecular complexity index is 100.0. The Morgan fingerprint density at radius 1 is 1.22 bits per heavy atom. The van der Waals surface area contributed by atoms with Crippen molar-refractivity contribution in [3.8, 4) is 0 Å². The van der Waals surface area contributed by atoms with Crippen LogP contribution >= 0.6 is 0 Å². The van der Waals surface area contributed by atoms with Crippen molar-refractivity contribution in [2.45, 2.75) is 27.7 Å². The summed E-state index contributed by atoms with van der Waals surface area (Å²) in [6.45, 7) is 8.59. The van der Waals surface area contributed by atoms with Crippen molar-refractivity contribution in [1.82, 2.24) is 0 Å². The van der Waals surface area contributed by atoms with Gasteiger partial charge in [0.15, 0.2) is 0 Å². The Morgan fingerprint density at radius 2 is 1.67 bits per heavy atom. The van der Waals surface area contributed by atoms with Crippen molar-refractivity contribution >= 4 is 0 Å². The maximum absolute atomic E-state index is 4.61. The van der Waals surface area contributed by atoms with Gasteiger partial charge in [-0.1, -0.05) is 27.7 Å². The third-order valence-corrected chi connectivity index (χ3v) is 1.83. The summed E-state index contributed by atoms with van der Waals surface area (Å²) in [7, 11) is 0. The maximum Gasteiger partial charge on any atom is 0.295 e. The van der Waals surface area contributed by atoms with Crippen LogP contribution in [0.25, 0.3) is 0 Å². The van der Waals surface area contributed by atoms with Crippen molar-refractivity contribution in [2.24, 2.45) is 11.3 Å². The highest BCUT2D eigenvalue weighted by molar-refractivity contribution is 4.86. The second kappa shape index (κ2) is 1.96. The van der Waals surface area contributed by atoms with E-state index in [2.05, 4.69) is 37.5 Å². The highest BCUT2D eigenvalue weighted by Crippen LogP contribution is 2.41. The number of hydrogen-bond donors (Lipinski definition) is 0. The van der Waals surface area contributed by atoms with Gasteiger partial charge >= 0.3 is 0 Å². The monoisotopic (exact) mass is 129 g/mol. The molecule has 1 radical (unpaired) electrons. The first kappa shape index (κ1) is 7.03. The van der Waals surface area contributed by atoms with E-state index < -0.39 is 0 Å². The van der Waals surface area contributed by atoms with E-state index in [0.29, 0.717) is 5.92 Å². The summed E-state index contributed by atoms with van der Waals surface area (Å²) < 4.78 is 0. The largest absolute Gasteiger partial charge is 0.295 e. The van der Waals surface area contributed by atoms with Crippen LogP contribution in [-0.4, -0.2) is 0 Å². The second-order valence-corrected chi connectivity index (χ2v) is 3.57. The van der Waals surface area contributed by atoms with Crippen molar-refractivity contribution in [2.75, 3.05) is 0 Å². The molecule has 0 amide bonds. The topological polar surface area (TPSA) is 25.1 Å². The third kappa shape index (κ3) is 1.66. The van der Waals surface area contributed by atoms with Gasteiger partial charge in [0, 0.05) is 5.92 Å². The van der Waals surface area contributed by atoms with E-state index >= 15 is 0 Å². The fourth-order valence-electron chi connectivity index (χ4n) is 0.522. The average molecular weight is 129 g/mol. The summed E-state index contributed by atoms with van der Waals surface area (Å²) in [6, 6.07) is 0. The SMILES string of the molecule is CC([C]1OO1)C(C)(C)C. The summed E-state index contributed by atoms with van der Waals surface area (Å²) in [4.78, 5) is 9.23. The molecule has 2 nitrogen and oxygen atoms in total. The summed E-state index contributed by atoms with van der Waals surface area (Å²) in [5.74, 6) is 0.400. The van der Waals surface area contributed by atoms with Crippen LogP contribution in [0, 0.1) is 17.6 Å². The molecule has 1 atom stereocenters. The molecule has 0 aromatic rings. The van der Waals surface area contributed by atoms with Crippen LogP contribution < -0.4 is 0 Å². The third-order valence-electron chi connectivity index (χ3n) is 1.83. The molecule has 0 bridgehead atoms. The van der Waals surface area contributed by atoms with Gasteiger partial charge < -0.3 is 0 Å². The normalized spacial score (nSPS) is 24.0. The van der Waals surface area contributed by atoms with Gasteiger partial charge in [-0.3, -0.25) is 0 Å². The molecule has 0 aromatic heterocycles. The molecule has 53 valence electrons. The van der Waals surface area contributed by atoms with Crippen LogP contribution in [0.5, 0.6) is 0 Å². The molecule has 0 saturated carbocycles. The van der Waals surface area contributed by atoms with Crippen molar-refractivity contribution < 1.29 is 9.78 Å². The Balaban J connectivity index is 2.40. The molecule has 9 heavy (non-hydrogen) atoms. The predicted molar refractivity (Wildman–Crippen MR) is 34.0 cm³/mol. The quantitative estimate of drug-likeness (QED) is 0.400. The first-order chi connectivity index (χ1) is 4.02. The van der Waals surface area contributed by atoms with Gasteiger partial charge in [0.1, 0.15) is 0 Å². The van der Waals surface area contributed by atoms with E-state index in [1.807, 2.05) is 0 Å². The fraction of sp³-hybridized carbons (Fsp3) is 0.857. The van der Waals surface area contributed by atoms with Gasteiger partial charge in [0.05, 0.1) is 0 Å². The predicted octanol–water partition coefficient (Wildman–Crippen LogP) is 2.12. The van der Waals surface area contributed by atoms with E-state index in [1.165, 1.54) is 0 Å². The molecule has 1 aliphatic heterocycles. The van der Waals surface area contributed by atoms with Crippen LogP contribution in [0.2, 0.25) is 0 Å². The van der Waals surface area contributed by atoms with Crippen LogP contribution in [0.4, 0.5) is 0 Å². The van der Waals surface area contributed by atoms with Crippen LogP contribution in [0.15, 0.2) is 0 Å². The molecule has 2 heteroatoms. The Morgan fingerprint density at radius 3 is 1.78 bits per heavy atom. The van der Waals surface area contributed by atoms with Crippen LogP contribution in [0.3, 0.4) is 0 Å². The zero-order valence-electron chi connectivity index (χ0n) is 6.39. The smallest absolute Gasteiger partial charge is 0.188 e. The van der Waals surface area contributed by atoms with Gasteiger partial charge in [0.25, 0.3) is 6.29 Å². The highest BCUT2D eigenvalue weighted by Gasteiger charge is 2.41. The Hall–Kier alpha value is -0.0800. The van der Waals surface area contributed by atoms with E-state index in [1.54, 1.807) is 0 Å². The zero-order chi connectivity index (χ0) is 7.07. The fourth-order valence-corrected chi connectivity index (χ4v) is 0.522. The summed E-state index contributed by atoms with van der Waals surface area (Å²) in [6.07, 6.45) is 0.780. The lowest BCUT2D eigenvalue weighted by atomic mass is 9.82. The minimum Gasteiger partial charge on any atom is -0.188 e. The zero-order valence-corrected chi connectivity index (χ0v) is 6.39. The molecule has 1 saturated heterocycles. The highest BCUT2D eigenvalue weighted by atomic mass is 17.4. The molecular formula is C7H13O2. The number of rotatable bonds is 1. The molecule has 1 rings (SSSR count). The standard InChI is InChI=1S/C7H13O2/c1-5(6-8-9-6)7(2,3)4/h5H,1-4H3. The molecule has 1 fully saturated rings. The van der Waals surface area contributed by atoms with Crippen molar-refractivity contribution in [3.63, 3.8) is 0 Å². The molecular weight excluding hydrogens is 116 g/mol. The van der Waals surface area contributed by atoms with Crippen molar-refractivity contribution in [1.29, 1.82) is 0 Å².